The van der Waals surface area contributed by atoms with Crippen LogP contribution in [-0.2, 0) is 0 Å². The molecule has 0 aliphatic heterocycles. The summed E-state index contributed by atoms with van der Waals surface area (Å²) in [5.41, 5.74) is 3.87. The number of nitrogens with zero attached hydrogens (tertiary/aromatic N) is 2. The fourth-order valence-electron chi connectivity index (χ4n) is 2.33. The Bertz CT molecular complexity index is 856. The summed E-state index contributed by atoms with van der Waals surface area (Å²) in [6.07, 6.45) is 1.58. The maximum absolute atomic E-state index is 12.5. The van der Waals surface area contributed by atoms with E-state index in [9.17, 15) is 4.79 Å². The van der Waals surface area contributed by atoms with Crippen molar-refractivity contribution in [2.45, 2.75) is 13.8 Å². The molecule has 0 fully saturated rings. The minimum absolute atomic E-state index is 0.204. The second-order valence-corrected chi connectivity index (χ2v) is 5.72. The molecule has 1 amide bonds. The van der Waals surface area contributed by atoms with Gasteiger partial charge >= 0.3 is 0 Å². The lowest BCUT2D eigenvalue weighted by molar-refractivity contribution is 0.102. The van der Waals surface area contributed by atoms with E-state index >= 15 is 0 Å². The topological polar surface area (TPSA) is 46.9 Å². The quantitative estimate of drug-likeness (QED) is 0.776. The molecule has 1 N–H and O–H groups in total. The van der Waals surface area contributed by atoms with E-state index in [1.165, 1.54) is 0 Å². The van der Waals surface area contributed by atoms with Gasteiger partial charge in [0.15, 0.2) is 0 Å². The van der Waals surface area contributed by atoms with Crippen LogP contribution in [0.5, 0.6) is 0 Å². The number of carbonyl (C=O) groups is 1. The predicted molar refractivity (Wildman–Crippen MR) is 92.4 cm³/mol. The van der Waals surface area contributed by atoms with Gasteiger partial charge in [0.05, 0.1) is 23.1 Å². The number of aryl methyl sites for hydroxylation is 1. The smallest absolute Gasteiger partial charge is 0.259 e. The molecule has 5 heteroatoms. The van der Waals surface area contributed by atoms with Gasteiger partial charge in [0.25, 0.3) is 5.91 Å². The Morgan fingerprint density at radius 2 is 1.87 bits per heavy atom. The van der Waals surface area contributed by atoms with Gasteiger partial charge in [-0.05, 0) is 43.7 Å². The Morgan fingerprint density at radius 1 is 1.13 bits per heavy atom. The monoisotopic (exact) mass is 325 g/mol. The zero-order chi connectivity index (χ0) is 16.4. The first-order chi connectivity index (χ1) is 11.1. The molecular weight excluding hydrogens is 310 g/mol. The third-order valence-corrected chi connectivity index (χ3v) is 4.09. The zero-order valence-corrected chi connectivity index (χ0v) is 13.6. The highest BCUT2D eigenvalue weighted by atomic mass is 35.5. The molecule has 1 aromatic heterocycles. The molecule has 1 heterocycles. The van der Waals surface area contributed by atoms with E-state index in [0.717, 1.165) is 16.9 Å². The molecule has 0 spiro atoms. The molecule has 0 aliphatic rings. The van der Waals surface area contributed by atoms with Crippen LogP contribution in [0.1, 0.15) is 21.6 Å². The normalized spacial score (nSPS) is 10.6. The lowest BCUT2D eigenvalue weighted by Crippen LogP contribution is -2.13. The fraction of sp³-hybridized carbons (Fsp3) is 0.111. The van der Waals surface area contributed by atoms with Crippen molar-refractivity contribution in [1.29, 1.82) is 0 Å². The van der Waals surface area contributed by atoms with Crippen molar-refractivity contribution in [3.63, 3.8) is 0 Å². The lowest BCUT2D eigenvalue weighted by Gasteiger charge is -2.07. The first-order valence-corrected chi connectivity index (χ1v) is 7.61. The lowest BCUT2D eigenvalue weighted by atomic mass is 10.2. The molecule has 3 aromatic rings. The van der Waals surface area contributed by atoms with Gasteiger partial charge in [0.1, 0.15) is 0 Å². The van der Waals surface area contributed by atoms with Gasteiger partial charge in [0.2, 0.25) is 0 Å². The molecular formula is C18H16ClN3O. The number of halogens is 1. The number of nitrogens with one attached hydrogen (secondary N) is 1. The molecule has 0 atom stereocenters. The van der Waals surface area contributed by atoms with Gasteiger partial charge in [-0.1, -0.05) is 35.9 Å². The Morgan fingerprint density at radius 3 is 2.57 bits per heavy atom. The second kappa shape index (κ2) is 6.26. The molecule has 0 saturated carbocycles. The van der Waals surface area contributed by atoms with E-state index < -0.39 is 0 Å². The average molecular weight is 326 g/mol. The van der Waals surface area contributed by atoms with Gasteiger partial charge in [-0.15, -0.1) is 0 Å². The van der Waals surface area contributed by atoms with Crippen molar-refractivity contribution < 1.29 is 4.79 Å². The van der Waals surface area contributed by atoms with E-state index in [1.807, 2.05) is 56.3 Å². The highest BCUT2D eigenvalue weighted by Crippen LogP contribution is 2.21. The summed E-state index contributed by atoms with van der Waals surface area (Å²) >= 11 is 6.09. The fourth-order valence-corrected chi connectivity index (χ4v) is 2.51. The van der Waals surface area contributed by atoms with Crippen molar-refractivity contribution in [1.82, 2.24) is 9.78 Å². The largest absolute Gasteiger partial charge is 0.322 e. The minimum Gasteiger partial charge on any atom is -0.322 e. The van der Waals surface area contributed by atoms with Gasteiger partial charge in [-0.25, -0.2) is 4.68 Å². The highest BCUT2D eigenvalue weighted by molar-refractivity contribution is 6.31. The SMILES string of the molecule is Cc1ccc(NC(=O)c2cnn(-c3ccccc3)c2C)cc1Cl. The number of carbonyl (C=O) groups excluding carboxylic acids is 1. The number of amides is 1. The Labute approximate surface area is 139 Å². The van der Waals surface area contributed by atoms with E-state index in [0.29, 0.717) is 16.3 Å². The van der Waals surface area contributed by atoms with Gasteiger partial charge < -0.3 is 5.32 Å². The highest BCUT2D eigenvalue weighted by Gasteiger charge is 2.15. The molecule has 0 aliphatic carbocycles. The van der Waals surface area contributed by atoms with Crippen LogP contribution in [0, 0.1) is 13.8 Å². The second-order valence-electron chi connectivity index (χ2n) is 5.31. The number of para-hydroxylation sites is 1. The first kappa shape index (κ1) is 15.3. The number of hydrogen-bond donors (Lipinski definition) is 1. The van der Waals surface area contributed by atoms with Crippen LogP contribution in [0.3, 0.4) is 0 Å². The molecule has 23 heavy (non-hydrogen) atoms. The number of hydrogen-bond acceptors (Lipinski definition) is 2. The van der Waals surface area contributed by atoms with Crippen LogP contribution in [-0.4, -0.2) is 15.7 Å². The molecule has 2 aromatic carbocycles. The van der Waals surface area contributed by atoms with Crippen molar-refractivity contribution >= 4 is 23.2 Å². The third-order valence-electron chi connectivity index (χ3n) is 3.68. The van der Waals surface area contributed by atoms with Gasteiger partial charge in [0, 0.05) is 10.7 Å². The molecule has 0 bridgehead atoms. The summed E-state index contributed by atoms with van der Waals surface area (Å²) in [5, 5.41) is 7.79. The van der Waals surface area contributed by atoms with E-state index in [1.54, 1.807) is 16.9 Å². The van der Waals surface area contributed by atoms with E-state index in [2.05, 4.69) is 10.4 Å². The Kier molecular flexibility index (Phi) is 4.17. The van der Waals surface area contributed by atoms with Gasteiger partial charge in [-0.3, -0.25) is 4.79 Å². The average Bonchev–Trinajstić information content (AvgIpc) is 2.93. The zero-order valence-electron chi connectivity index (χ0n) is 12.9. The number of anilines is 1. The third kappa shape index (κ3) is 3.12. The molecule has 4 nitrogen and oxygen atoms in total. The molecule has 0 unspecified atom stereocenters. The van der Waals surface area contributed by atoms with Crippen LogP contribution < -0.4 is 5.32 Å². The van der Waals surface area contributed by atoms with E-state index in [-0.39, 0.29) is 5.91 Å². The van der Waals surface area contributed by atoms with Crippen LogP contribution in [0.25, 0.3) is 5.69 Å². The van der Waals surface area contributed by atoms with Crippen molar-refractivity contribution in [3.05, 3.63) is 76.6 Å². The van der Waals surface area contributed by atoms with Crippen molar-refractivity contribution in [3.8, 4) is 5.69 Å². The summed E-state index contributed by atoms with van der Waals surface area (Å²) in [7, 11) is 0. The van der Waals surface area contributed by atoms with E-state index in [4.69, 9.17) is 11.6 Å². The number of benzene rings is 2. The molecule has 0 radical (unpaired) electrons. The Hall–Kier alpha value is -2.59. The standard InChI is InChI=1S/C18H16ClN3O/c1-12-8-9-14(10-17(12)19)21-18(23)16-11-20-22(13(16)2)15-6-4-3-5-7-15/h3-11H,1-2H3,(H,21,23). The summed E-state index contributed by atoms with van der Waals surface area (Å²) < 4.78 is 1.75. The number of rotatable bonds is 3. The summed E-state index contributed by atoms with van der Waals surface area (Å²) in [6.45, 7) is 3.79. The maximum Gasteiger partial charge on any atom is 0.259 e. The first-order valence-electron chi connectivity index (χ1n) is 7.24. The molecule has 116 valence electrons. The Balaban J connectivity index is 1.86. The maximum atomic E-state index is 12.5. The van der Waals surface area contributed by atoms with Crippen LogP contribution in [0.2, 0.25) is 5.02 Å². The summed E-state index contributed by atoms with van der Waals surface area (Å²) in [4.78, 5) is 12.5. The minimum atomic E-state index is -0.204. The molecule has 3 rings (SSSR count). The molecule has 0 saturated heterocycles. The number of aromatic nitrogens is 2. The van der Waals surface area contributed by atoms with Crippen LogP contribution in [0.4, 0.5) is 5.69 Å². The van der Waals surface area contributed by atoms with Crippen molar-refractivity contribution in [2.75, 3.05) is 5.32 Å². The van der Waals surface area contributed by atoms with Gasteiger partial charge in [-0.2, -0.15) is 5.10 Å². The summed E-state index contributed by atoms with van der Waals surface area (Å²) in [6, 6.07) is 15.1. The van der Waals surface area contributed by atoms with Crippen molar-refractivity contribution in [2.24, 2.45) is 0 Å². The predicted octanol–water partition coefficient (Wildman–Crippen LogP) is 4.39. The van der Waals surface area contributed by atoms with Crippen LogP contribution >= 0.6 is 11.6 Å². The summed E-state index contributed by atoms with van der Waals surface area (Å²) in [5.74, 6) is -0.204. The van der Waals surface area contributed by atoms with Crippen LogP contribution in [0.15, 0.2) is 54.7 Å².